The number of carbonyl (C=O) groups excluding carboxylic acids is 1. The van der Waals surface area contributed by atoms with Gasteiger partial charge in [-0.1, -0.05) is 46.8 Å². The number of fused-ring (bicyclic) bond motifs is 1. The maximum absolute atomic E-state index is 13.5. The minimum atomic E-state index is -0.538. The third-order valence-corrected chi connectivity index (χ3v) is 6.79. The second kappa shape index (κ2) is 11.9. The fraction of sp³-hybridized carbons (Fsp3) is 0.385. The topological polar surface area (TPSA) is 92.0 Å². The number of carbonyl (C=O) groups is 1. The molecule has 1 aliphatic rings. The monoisotopic (exact) mass is 575 g/mol. The van der Waals surface area contributed by atoms with E-state index >= 15 is 0 Å². The van der Waals surface area contributed by atoms with Crippen LogP contribution in [0.15, 0.2) is 44.7 Å². The molecule has 0 amide bonds. The summed E-state index contributed by atoms with van der Waals surface area (Å²) in [5, 5.41) is 5.29. The van der Waals surface area contributed by atoms with Crippen LogP contribution in [-0.4, -0.2) is 42.2 Å². The van der Waals surface area contributed by atoms with E-state index in [0.717, 1.165) is 30.2 Å². The van der Waals surface area contributed by atoms with E-state index in [1.807, 2.05) is 19.1 Å². The SMILES string of the molecule is CCOc1cc(C=Nn2c(C3CCCCC3)nc3ccc(Br)cc3c2=O)cc(Cl)c1OCC(=O)OC. The highest BCUT2D eigenvalue weighted by Crippen LogP contribution is 2.36. The largest absolute Gasteiger partial charge is 0.490 e. The van der Waals surface area contributed by atoms with Gasteiger partial charge in [0.05, 0.1) is 35.9 Å². The zero-order chi connectivity index (χ0) is 25.7. The van der Waals surface area contributed by atoms with E-state index in [1.165, 1.54) is 18.2 Å². The zero-order valence-electron chi connectivity index (χ0n) is 20.1. The van der Waals surface area contributed by atoms with Crippen molar-refractivity contribution < 1.29 is 19.0 Å². The van der Waals surface area contributed by atoms with Crippen LogP contribution in [0.5, 0.6) is 11.5 Å². The number of hydrogen-bond acceptors (Lipinski definition) is 7. The highest BCUT2D eigenvalue weighted by atomic mass is 79.9. The van der Waals surface area contributed by atoms with Crippen LogP contribution in [0.3, 0.4) is 0 Å². The van der Waals surface area contributed by atoms with Gasteiger partial charge in [0, 0.05) is 10.4 Å². The van der Waals surface area contributed by atoms with Gasteiger partial charge >= 0.3 is 5.97 Å². The van der Waals surface area contributed by atoms with E-state index in [-0.39, 0.29) is 28.9 Å². The van der Waals surface area contributed by atoms with E-state index in [2.05, 4.69) is 25.8 Å². The summed E-state index contributed by atoms with van der Waals surface area (Å²) in [7, 11) is 1.28. The Morgan fingerprint density at radius 2 is 2.00 bits per heavy atom. The molecule has 36 heavy (non-hydrogen) atoms. The van der Waals surface area contributed by atoms with Gasteiger partial charge < -0.3 is 14.2 Å². The molecule has 1 fully saturated rings. The molecule has 0 bridgehead atoms. The van der Waals surface area contributed by atoms with Gasteiger partial charge in [-0.3, -0.25) is 4.79 Å². The molecular formula is C26H27BrClN3O5. The molecule has 10 heteroatoms. The van der Waals surface area contributed by atoms with Gasteiger partial charge in [-0.05, 0) is 55.7 Å². The molecule has 0 saturated heterocycles. The zero-order valence-corrected chi connectivity index (χ0v) is 22.5. The van der Waals surface area contributed by atoms with E-state index < -0.39 is 5.97 Å². The number of halogens is 2. The van der Waals surface area contributed by atoms with Crippen LogP contribution in [-0.2, 0) is 9.53 Å². The molecule has 1 aromatic heterocycles. The lowest BCUT2D eigenvalue weighted by atomic mass is 9.88. The molecule has 0 radical (unpaired) electrons. The predicted octanol–water partition coefficient (Wildman–Crippen LogP) is 5.69. The van der Waals surface area contributed by atoms with Crippen molar-refractivity contribution in [1.29, 1.82) is 0 Å². The number of nitrogens with zero attached hydrogens (tertiary/aromatic N) is 3. The molecule has 1 aliphatic carbocycles. The highest BCUT2D eigenvalue weighted by molar-refractivity contribution is 9.10. The van der Waals surface area contributed by atoms with Gasteiger partial charge in [-0.15, -0.1) is 0 Å². The van der Waals surface area contributed by atoms with Crippen LogP contribution < -0.4 is 15.0 Å². The van der Waals surface area contributed by atoms with E-state index in [0.29, 0.717) is 34.6 Å². The highest BCUT2D eigenvalue weighted by Gasteiger charge is 2.22. The first-order valence-corrected chi connectivity index (χ1v) is 13.0. The van der Waals surface area contributed by atoms with Crippen LogP contribution >= 0.6 is 27.5 Å². The van der Waals surface area contributed by atoms with Gasteiger partial charge in [0.2, 0.25) is 0 Å². The Kier molecular flexibility index (Phi) is 8.64. The summed E-state index contributed by atoms with van der Waals surface area (Å²) in [4.78, 5) is 29.9. The molecule has 2 aromatic carbocycles. The van der Waals surface area contributed by atoms with E-state index in [4.69, 9.17) is 26.1 Å². The molecular weight excluding hydrogens is 550 g/mol. The Hall–Kier alpha value is -2.91. The van der Waals surface area contributed by atoms with E-state index in [1.54, 1.807) is 24.4 Å². The standard InChI is InChI=1S/C26H27BrClN3O5/c1-3-35-22-12-16(11-20(28)24(22)36-15-23(32)34-2)14-29-31-25(17-7-5-4-6-8-17)30-21-10-9-18(27)13-19(21)26(31)33/h9-14,17H,3-8,15H2,1-2H3. The number of benzene rings is 2. The maximum Gasteiger partial charge on any atom is 0.343 e. The molecule has 3 aromatic rings. The second-order valence-electron chi connectivity index (χ2n) is 8.46. The summed E-state index contributed by atoms with van der Waals surface area (Å²) in [6.07, 6.45) is 6.88. The molecule has 0 aliphatic heterocycles. The normalized spacial score (nSPS) is 14.3. The molecule has 1 saturated carbocycles. The van der Waals surface area contributed by atoms with Gasteiger partial charge in [-0.2, -0.15) is 9.78 Å². The first-order chi connectivity index (χ1) is 17.4. The van der Waals surface area contributed by atoms with Crippen molar-refractivity contribution in [3.63, 3.8) is 0 Å². The van der Waals surface area contributed by atoms with Crippen LogP contribution in [0.1, 0.15) is 56.3 Å². The average molecular weight is 577 g/mol. The maximum atomic E-state index is 13.5. The van der Waals surface area contributed by atoms with Crippen molar-refractivity contribution in [3.05, 3.63) is 61.6 Å². The number of ether oxygens (including phenoxy) is 3. The third kappa shape index (κ3) is 5.90. The van der Waals surface area contributed by atoms with Gasteiger partial charge in [0.1, 0.15) is 5.82 Å². The Morgan fingerprint density at radius 1 is 1.22 bits per heavy atom. The van der Waals surface area contributed by atoms with Crippen molar-refractivity contribution in [2.75, 3.05) is 20.3 Å². The number of hydrogen-bond donors (Lipinski definition) is 0. The smallest absolute Gasteiger partial charge is 0.343 e. The Balaban J connectivity index is 1.76. The van der Waals surface area contributed by atoms with Crippen LogP contribution in [0.4, 0.5) is 0 Å². The molecule has 190 valence electrons. The lowest BCUT2D eigenvalue weighted by Crippen LogP contribution is -2.25. The minimum absolute atomic E-state index is 0.160. The van der Waals surface area contributed by atoms with Crippen molar-refractivity contribution in [2.45, 2.75) is 44.9 Å². The lowest BCUT2D eigenvalue weighted by molar-refractivity contribution is -0.142. The summed E-state index contributed by atoms with van der Waals surface area (Å²) in [5.41, 5.74) is 1.03. The minimum Gasteiger partial charge on any atom is -0.490 e. The predicted molar refractivity (Wildman–Crippen MR) is 143 cm³/mol. The van der Waals surface area contributed by atoms with Gasteiger partial charge in [0.15, 0.2) is 18.1 Å². The summed E-state index contributed by atoms with van der Waals surface area (Å²) < 4.78 is 18.0. The Labute approximate surface area is 222 Å². The Bertz CT molecular complexity index is 1350. The second-order valence-corrected chi connectivity index (χ2v) is 9.78. The summed E-state index contributed by atoms with van der Waals surface area (Å²) >= 11 is 9.90. The summed E-state index contributed by atoms with van der Waals surface area (Å²) in [6, 6.07) is 8.83. The molecule has 0 unspecified atom stereocenters. The molecule has 8 nitrogen and oxygen atoms in total. The Morgan fingerprint density at radius 3 is 2.72 bits per heavy atom. The fourth-order valence-electron chi connectivity index (χ4n) is 4.28. The number of methoxy groups -OCH3 is 1. The average Bonchev–Trinajstić information content (AvgIpc) is 2.88. The molecule has 0 N–H and O–H groups in total. The van der Waals surface area contributed by atoms with Gasteiger partial charge in [-0.25, -0.2) is 9.78 Å². The summed E-state index contributed by atoms with van der Waals surface area (Å²) in [5.74, 6) is 0.881. The molecule has 0 atom stereocenters. The van der Waals surface area contributed by atoms with E-state index in [9.17, 15) is 9.59 Å². The van der Waals surface area contributed by atoms with Crippen LogP contribution in [0, 0.1) is 0 Å². The fourth-order valence-corrected chi connectivity index (χ4v) is 4.92. The number of esters is 1. The van der Waals surface area contributed by atoms with Crippen molar-refractivity contribution in [3.8, 4) is 11.5 Å². The molecule has 4 rings (SSSR count). The third-order valence-electron chi connectivity index (χ3n) is 6.02. The lowest BCUT2D eigenvalue weighted by Gasteiger charge is -2.22. The quantitative estimate of drug-likeness (QED) is 0.253. The van der Waals surface area contributed by atoms with Crippen LogP contribution in [0.25, 0.3) is 10.9 Å². The van der Waals surface area contributed by atoms with Crippen LogP contribution in [0.2, 0.25) is 5.02 Å². The number of aromatic nitrogens is 2. The molecule has 0 spiro atoms. The summed E-state index contributed by atoms with van der Waals surface area (Å²) in [6.45, 7) is 1.89. The van der Waals surface area contributed by atoms with Crippen molar-refractivity contribution in [1.82, 2.24) is 9.66 Å². The van der Waals surface area contributed by atoms with Crippen molar-refractivity contribution in [2.24, 2.45) is 5.10 Å². The number of rotatable bonds is 8. The van der Waals surface area contributed by atoms with Crippen molar-refractivity contribution >= 4 is 50.6 Å². The van der Waals surface area contributed by atoms with Gasteiger partial charge in [0.25, 0.3) is 5.56 Å². The first kappa shape index (κ1) is 26.2. The molecule has 1 heterocycles. The first-order valence-electron chi connectivity index (χ1n) is 11.8.